The molecule has 1 rings (SSSR count). The van der Waals surface area contributed by atoms with Gasteiger partial charge in [-0.2, -0.15) is 0 Å². The number of carbonyl (C=O) groups excluding carboxylic acids is 2. The minimum Gasteiger partial charge on any atom is -0.462 e. The van der Waals surface area contributed by atoms with Crippen molar-refractivity contribution in [1.29, 1.82) is 0 Å². The highest BCUT2D eigenvalue weighted by atomic mass is 31.2. The molecule has 0 heterocycles. The lowest BCUT2D eigenvalue weighted by Crippen LogP contribution is -2.64. The number of carbonyl (C=O) groups is 2. The van der Waals surface area contributed by atoms with E-state index in [2.05, 4.69) is 56.4 Å². The minimum atomic E-state index is -5.14. The quantitative estimate of drug-likeness (QED) is 0.0145. The van der Waals surface area contributed by atoms with Crippen LogP contribution in [0.15, 0.2) is 60.8 Å². The van der Waals surface area contributed by atoms with Crippen molar-refractivity contribution in [2.75, 3.05) is 13.2 Å². The van der Waals surface area contributed by atoms with Gasteiger partial charge in [0.25, 0.3) is 0 Å². The first-order valence-electron chi connectivity index (χ1n) is 26.6. The van der Waals surface area contributed by atoms with Gasteiger partial charge >= 0.3 is 19.8 Å². The molecule has 0 radical (unpaired) electrons. The summed E-state index contributed by atoms with van der Waals surface area (Å²) in [4.78, 5) is 35.8. The van der Waals surface area contributed by atoms with Gasteiger partial charge < -0.3 is 39.9 Å². The van der Waals surface area contributed by atoms with E-state index in [9.17, 15) is 44.6 Å². The molecule has 394 valence electrons. The van der Waals surface area contributed by atoms with Gasteiger partial charge in [-0.1, -0.05) is 209 Å². The fraction of sp³-hybridized carbons (Fsp3) is 0.778. The maximum atomic E-state index is 12.9. The molecule has 1 aliphatic carbocycles. The van der Waals surface area contributed by atoms with Crippen molar-refractivity contribution in [2.45, 2.75) is 256 Å². The molecule has 0 aromatic carbocycles. The number of rotatable bonds is 44. The molecule has 14 heteroatoms. The van der Waals surface area contributed by atoms with E-state index >= 15 is 0 Å². The fourth-order valence-electron chi connectivity index (χ4n) is 7.86. The molecule has 8 atom stereocenters. The summed E-state index contributed by atoms with van der Waals surface area (Å²) in [5.41, 5.74) is 0. The molecule has 0 aromatic rings. The molecule has 0 bridgehead atoms. The zero-order valence-corrected chi connectivity index (χ0v) is 43.0. The summed E-state index contributed by atoms with van der Waals surface area (Å²) >= 11 is 0. The lowest BCUT2D eigenvalue weighted by atomic mass is 9.85. The molecular weight excluding hydrogens is 888 g/mol. The van der Waals surface area contributed by atoms with Crippen molar-refractivity contribution >= 4 is 19.8 Å². The summed E-state index contributed by atoms with van der Waals surface area (Å²) in [6, 6.07) is 0. The summed E-state index contributed by atoms with van der Waals surface area (Å²) in [6.45, 7) is 3.24. The Balaban J connectivity index is 2.43. The number of hydrogen-bond acceptors (Lipinski definition) is 12. The second-order valence-corrected chi connectivity index (χ2v) is 19.8. The van der Waals surface area contributed by atoms with Crippen LogP contribution in [-0.2, 0) is 32.7 Å². The average molecular weight is 983 g/mol. The Hall–Kier alpha value is -2.45. The van der Waals surface area contributed by atoms with Gasteiger partial charge in [-0.3, -0.25) is 18.6 Å². The molecule has 68 heavy (non-hydrogen) atoms. The Labute approximate surface area is 411 Å². The van der Waals surface area contributed by atoms with Crippen LogP contribution in [0.3, 0.4) is 0 Å². The predicted octanol–water partition coefficient (Wildman–Crippen LogP) is 11.7. The molecule has 0 aliphatic heterocycles. The van der Waals surface area contributed by atoms with Crippen LogP contribution < -0.4 is 0 Å². The summed E-state index contributed by atoms with van der Waals surface area (Å²) in [5, 5.41) is 50.3. The summed E-state index contributed by atoms with van der Waals surface area (Å²) in [6.07, 6.45) is 41.4. The monoisotopic (exact) mass is 983 g/mol. The lowest BCUT2D eigenvalue weighted by molar-refractivity contribution is -0.220. The molecule has 0 saturated heterocycles. The molecule has 0 aromatic heterocycles. The van der Waals surface area contributed by atoms with Crippen molar-refractivity contribution in [3.63, 3.8) is 0 Å². The van der Waals surface area contributed by atoms with Crippen LogP contribution in [0.5, 0.6) is 0 Å². The van der Waals surface area contributed by atoms with Gasteiger partial charge in [-0.15, -0.1) is 0 Å². The van der Waals surface area contributed by atoms with E-state index in [1.165, 1.54) is 122 Å². The Morgan fingerprint density at radius 1 is 0.456 bits per heavy atom. The molecule has 0 amide bonds. The highest BCUT2D eigenvalue weighted by molar-refractivity contribution is 7.47. The van der Waals surface area contributed by atoms with E-state index in [-0.39, 0.29) is 12.8 Å². The lowest BCUT2D eigenvalue weighted by Gasteiger charge is -2.41. The summed E-state index contributed by atoms with van der Waals surface area (Å²) in [5.74, 6) is -1.19. The smallest absolute Gasteiger partial charge is 0.462 e. The second-order valence-electron chi connectivity index (χ2n) is 18.4. The highest BCUT2D eigenvalue weighted by Gasteiger charge is 2.51. The van der Waals surface area contributed by atoms with Gasteiger partial charge in [0.15, 0.2) is 6.10 Å². The van der Waals surface area contributed by atoms with Crippen LogP contribution in [0.1, 0.15) is 213 Å². The number of phosphoric ester groups is 1. The first kappa shape index (κ1) is 63.6. The third-order valence-corrected chi connectivity index (χ3v) is 13.1. The number of ether oxygens (including phenoxy) is 2. The third kappa shape index (κ3) is 34.8. The topological polar surface area (TPSA) is 210 Å². The molecule has 0 spiro atoms. The number of allylic oxidation sites excluding steroid dienone is 10. The van der Waals surface area contributed by atoms with Crippen molar-refractivity contribution < 1.29 is 63.1 Å². The number of unbranched alkanes of at least 4 members (excludes halogenated alkanes) is 22. The first-order chi connectivity index (χ1) is 32.9. The van der Waals surface area contributed by atoms with Gasteiger partial charge in [-0.25, -0.2) is 4.57 Å². The van der Waals surface area contributed by atoms with E-state index in [1.54, 1.807) is 0 Å². The maximum absolute atomic E-state index is 12.9. The molecule has 1 saturated carbocycles. The zero-order chi connectivity index (χ0) is 49.9. The summed E-state index contributed by atoms with van der Waals surface area (Å²) < 4.78 is 33.6. The third-order valence-electron chi connectivity index (χ3n) is 12.1. The minimum absolute atomic E-state index is 0.0270. The number of phosphoric acid groups is 1. The Kier molecular flexibility index (Phi) is 40.5. The van der Waals surface area contributed by atoms with Crippen molar-refractivity contribution in [2.24, 2.45) is 0 Å². The van der Waals surface area contributed by atoms with Crippen LogP contribution >= 0.6 is 7.82 Å². The van der Waals surface area contributed by atoms with Gasteiger partial charge in [0.1, 0.15) is 43.2 Å². The van der Waals surface area contributed by atoms with E-state index in [0.29, 0.717) is 19.3 Å². The first-order valence-corrected chi connectivity index (χ1v) is 28.1. The van der Waals surface area contributed by atoms with E-state index in [1.807, 2.05) is 18.2 Å². The van der Waals surface area contributed by atoms with Crippen molar-refractivity contribution in [3.8, 4) is 0 Å². The molecule has 1 aliphatic rings. The van der Waals surface area contributed by atoms with E-state index < -0.39 is 75.7 Å². The Morgan fingerprint density at radius 3 is 1.26 bits per heavy atom. The van der Waals surface area contributed by atoms with Crippen LogP contribution in [0.2, 0.25) is 0 Å². The van der Waals surface area contributed by atoms with Crippen molar-refractivity contribution in [1.82, 2.24) is 0 Å². The molecule has 6 unspecified atom stereocenters. The average Bonchev–Trinajstić information content (AvgIpc) is 3.32. The Bertz CT molecular complexity index is 1420. The van der Waals surface area contributed by atoms with Gasteiger partial charge in [0.05, 0.1) is 6.61 Å². The van der Waals surface area contributed by atoms with Crippen molar-refractivity contribution in [3.05, 3.63) is 60.8 Å². The Morgan fingerprint density at radius 2 is 0.824 bits per heavy atom. The number of aliphatic hydroxyl groups is 5. The van der Waals surface area contributed by atoms with Crippen LogP contribution in [-0.4, -0.2) is 98.3 Å². The van der Waals surface area contributed by atoms with E-state index in [4.69, 9.17) is 18.5 Å². The van der Waals surface area contributed by atoms with Crippen LogP contribution in [0, 0.1) is 0 Å². The normalized spacial score (nSPS) is 21.5. The van der Waals surface area contributed by atoms with Crippen LogP contribution in [0.4, 0.5) is 0 Å². The van der Waals surface area contributed by atoms with E-state index in [0.717, 1.165) is 44.9 Å². The van der Waals surface area contributed by atoms with Gasteiger partial charge in [0, 0.05) is 12.8 Å². The standard InChI is InChI=1S/C54H95O13P/c1-3-5-7-9-11-13-15-17-19-21-23-25-26-28-30-32-34-36-38-40-42-47(55)64-44-46(45-65-68(62,63)67-54-52(60)50(58)49(57)51(59)53(54)61)66-48(56)43-41-39-37-35-33-31-29-27-24-22-20-18-16-14-12-10-8-6-4-2/h12,14,18,20,24,27,31,33,37,39,46,49-54,57-61H,3-11,13,15-17,19,21-23,25-26,28-30,32,34-36,38,40-45H2,1-2H3,(H,62,63)/b14-12+,20-18+,27-24+,33-31+,39-37+/t46-,49?,50-,51?,52?,53?,54?/m0/s1. The molecular formula is C54H95O13P. The highest BCUT2D eigenvalue weighted by Crippen LogP contribution is 2.47. The van der Waals surface area contributed by atoms with Gasteiger partial charge in [0.2, 0.25) is 0 Å². The number of hydrogen-bond donors (Lipinski definition) is 6. The molecule has 6 N–H and O–H groups in total. The molecule has 1 fully saturated rings. The van der Waals surface area contributed by atoms with Gasteiger partial charge in [-0.05, 0) is 51.4 Å². The maximum Gasteiger partial charge on any atom is 0.472 e. The number of esters is 2. The van der Waals surface area contributed by atoms with Crippen LogP contribution in [0.25, 0.3) is 0 Å². The fourth-order valence-corrected chi connectivity index (χ4v) is 8.83. The summed E-state index contributed by atoms with van der Waals surface area (Å²) in [7, 11) is -5.14. The second kappa shape index (κ2) is 43.3. The predicted molar refractivity (Wildman–Crippen MR) is 272 cm³/mol. The number of aliphatic hydroxyl groups excluding tert-OH is 5. The SMILES string of the molecule is CCCCC/C=C/C/C=C/C/C=C/C/C=C/C/C=C/CCC(=O)O[C@@H](COC(=O)CCCCCCCCCCCCCCCCCCCCCC)COP(=O)(O)OC1C(O)C(O)C(O)[C@H](O)C1O. The largest absolute Gasteiger partial charge is 0.472 e. The molecule has 13 nitrogen and oxygen atoms in total. The zero-order valence-electron chi connectivity index (χ0n) is 42.1.